The van der Waals surface area contributed by atoms with Crippen LogP contribution in [0.4, 0.5) is 9.18 Å². The number of hydrogen-bond acceptors (Lipinski definition) is 2. The number of halogens is 1. The molecular weight excluding hydrogens is 139 g/mol. The van der Waals surface area contributed by atoms with Gasteiger partial charge in [0.25, 0.3) is 0 Å². The molecule has 0 saturated carbocycles. The summed E-state index contributed by atoms with van der Waals surface area (Å²) in [6.45, 7) is 3.10. The highest BCUT2D eigenvalue weighted by molar-refractivity contribution is 5.78. The molecule has 0 unspecified atom stereocenters. The predicted octanol–water partition coefficient (Wildman–Crippen LogP) is 0.725. The van der Waals surface area contributed by atoms with Gasteiger partial charge in [-0.2, -0.15) is 5.06 Å². The third-order valence-corrected chi connectivity index (χ3v) is 1.05. The second-order valence-corrected chi connectivity index (χ2v) is 1.70. The van der Waals surface area contributed by atoms with E-state index in [0.29, 0.717) is 0 Å². The van der Waals surface area contributed by atoms with Gasteiger partial charge in [0, 0.05) is 6.20 Å². The van der Waals surface area contributed by atoms with Crippen molar-refractivity contribution in [2.24, 2.45) is 0 Å². The lowest BCUT2D eigenvalue weighted by atomic mass is 10.4. The summed E-state index contributed by atoms with van der Waals surface area (Å²) in [6.07, 6.45) is 0.831. The lowest BCUT2D eigenvalue weighted by Crippen LogP contribution is -2.37. The fraction of sp³-hybridized carbons (Fsp3) is 0. The highest BCUT2D eigenvalue weighted by atomic mass is 19.1. The standard InChI is InChI=1S/C5H5FN2O2/c1-3-4(6)2-7-5(9)8(3)10/h2,10H,1H2,(H,7,9). The van der Waals surface area contributed by atoms with Crippen molar-refractivity contribution in [2.75, 3.05) is 0 Å². The van der Waals surface area contributed by atoms with Crippen LogP contribution in [0, 0.1) is 0 Å². The number of amides is 2. The summed E-state index contributed by atoms with van der Waals surface area (Å²) in [6, 6.07) is -0.814. The van der Waals surface area contributed by atoms with E-state index in [-0.39, 0.29) is 10.8 Å². The van der Waals surface area contributed by atoms with E-state index in [1.165, 1.54) is 0 Å². The first-order valence-corrected chi connectivity index (χ1v) is 2.47. The molecule has 1 aliphatic rings. The van der Waals surface area contributed by atoms with Crippen LogP contribution in [0.5, 0.6) is 0 Å². The number of nitrogens with one attached hydrogen (secondary N) is 1. The number of rotatable bonds is 0. The van der Waals surface area contributed by atoms with Gasteiger partial charge in [-0.05, 0) is 0 Å². The Balaban J connectivity index is 2.91. The molecule has 0 saturated heterocycles. The predicted molar refractivity (Wildman–Crippen MR) is 30.5 cm³/mol. The van der Waals surface area contributed by atoms with Gasteiger partial charge in [0.15, 0.2) is 5.83 Å². The first kappa shape index (κ1) is 6.76. The SMILES string of the molecule is C=C1C(F)=CNC(=O)N1O. The van der Waals surface area contributed by atoms with Crippen LogP contribution in [0.1, 0.15) is 0 Å². The van der Waals surface area contributed by atoms with E-state index in [1.54, 1.807) is 0 Å². The molecule has 0 aromatic heterocycles. The molecule has 1 rings (SSSR count). The Kier molecular flexibility index (Phi) is 1.42. The maximum Gasteiger partial charge on any atom is 0.350 e. The van der Waals surface area contributed by atoms with E-state index in [0.717, 1.165) is 6.20 Å². The quantitative estimate of drug-likeness (QED) is 0.492. The molecule has 5 heteroatoms. The summed E-state index contributed by atoms with van der Waals surface area (Å²) in [5.41, 5.74) is -0.358. The second kappa shape index (κ2) is 2.11. The Labute approximate surface area is 56.2 Å². The number of hydroxylamine groups is 2. The molecule has 2 N–H and O–H groups in total. The zero-order chi connectivity index (χ0) is 7.72. The molecule has 1 aliphatic heterocycles. The summed E-state index contributed by atoms with van der Waals surface area (Å²) >= 11 is 0. The summed E-state index contributed by atoms with van der Waals surface area (Å²) in [5, 5.41) is 10.7. The third kappa shape index (κ3) is 0.863. The molecule has 0 bridgehead atoms. The minimum atomic E-state index is -0.814. The zero-order valence-electron chi connectivity index (χ0n) is 4.97. The Hall–Kier alpha value is -1.36. The van der Waals surface area contributed by atoms with Gasteiger partial charge in [0.2, 0.25) is 0 Å². The van der Waals surface area contributed by atoms with Gasteiger partial charge in [-0.25, -0.2) is 9.18 Å². The van der Waals surface area contributed by atoms with E-state index in [4.69, 9.17) is 5.21 Å². The van der Waals surface area contributed by atoms with Crippen molar-refractivity contribution in [2.45, 2.75) is 0 Å². The fourth-order valence-electron chi connectivity index (χ4n) is 0.493. The molecule has 1 heterocycles. The Morgan fingerprint density at radius 3 is 2.90 bits per heavy atom. The maximum atomic E-state index is 12.3. The van der Waals surface area contributed by atoms with E-state index in [9.17, 15) is 9.18 Å². The molecule has 0 radical (unpaired) electrons. The number of urea groups is 1. The van der Waals surface area contributed by atoms with Crippen molar-refractivity contribution < 1.29 is 14.4 Å². The van der Waals surface area contributed by atoms with Crippen LogP contribution in [0.2, 0.25) is 0 Å². The lowest BCUT2D eigenvalue weighted by molar-refractivity contribution is -0.0111. The highest BCUT2D eigenvalue weighted by Crippen LogP contribution is 2.14. The summed E-state index contributed by atoms with van der Waals surface area (Å²) in [7, 11) is 0. The average molecular weight is 144 g/mol. The van der Waals surface area contributed by atoms with Crippen molar-refractivity contribution in [3.8, 4) is 0 Å². The number of nitrogens with zero attached hydrogens (tertiary/aromatic N) is 1. The third-order valence-electron chi connectivity index (χ3n) is 1.05. The topological polar surface area (TPSA) is 52.6 Å². The highest BCUT2D eigenvalue weighted by Gasteiger charge is 2.21. The fourth-order valence-corrected chi connectivity index (χ4v) is 0.493. The van der Waals surface area contributed by atoms with Crippen LogP contribution in [-0.4, -0.2) is 16.3 Å². The van der Waals surface area contributed by atoms with Crippen molar-refractivity contribution in [1.29, 1.82) is 0 Å². The summed E-state index contributed by atoms with van der Waals surface area (Å²) in [4.78, 5) is 10.4. The van der Waals surface area contributed by atoms with Crippen LogP contribution < -0.4 is 5.32 Å². The molecule has 0 fully saturated rings. The number of allylic oxidation sites excluding steroid dienone is 1. The van der Waals surface area contributed by atoms with Gasteiger partial charge < -0.3 is 5.32 Å². The lowest BCUT2D eigenvalue weighted by Gasteiger charge is -2.19. The van der Waals surface area contributed by atoms with Crippen LogP contribution in [0.25, 0.3) is 0 Å². The van der Waals surface area contributed by atoms with Crippen molar-refractivity contribution in [1.82, 2.24) is 10.4 Å². The monoisotopic (exact) mass is 144 g/mol. The molecule has 2 amide bonds. The van der Waals surface area contributed by atoms with E-state index >= 15 is 0 Å². The van der Waals surface area contributed by atoms with Gasteiger partial charge in [0.1, 0.15) is 5.70 Å². The van der Waals surface area contributed by atoms with Gasteiger partial charge in [-0.3, -0.25) is 5.21 Å². The molecule has 0 spiro atoms. The molecular formula is C5H5FN2O2. The van der Waals surface area contributed by atoms with Crippen molar-refractivity contribution in [3.63, 3.8) is 0 Å². The smallest absolute Gasteiger partial charge is 0.309 e. The molecule has 0 atom stereocenters. The second-order valence-electron chi connectivity index (χ2n) is 1.70. The van der Waals surface area contributed by atoms with E-state index in [2.05, 4.69) is 6.58 Å². The molecule has 4 nitrogen and oxygen atoms in total. The molecule has 0 aliphatic carbocycles. The van der Waals surface area contributed by atoms with Crippen LogP contribution in [0.3, 0.4) is 0 Å². The first-order chi connectivity index (χ1) is 4.63. The molecule has 0 aromatic rings. The maximum absolute atomic E-state index is 12.3. The minimum Gasteiger partial charge on any atom is -0.309 e. The first-order valence-electron chi connectivity index (χ1n) is 2.47. The number of carbonyl (C=O) groups excluding carboxylic acids is 1. The Morgan fingerprint density at radius 1 is 1.80 bits per heavy atom. The van der Waals surface area contributed by atoms with Gasteiger partial charge in [-0.15, -0.1) is 0 Å². The van der Waals surface area contributed by atoms with E-state index < -0.39 is 11.9 Å². The minimum absolute atomic E-state index is 0.106. The van der Waals surface area contributed by atoms with Crippen LogP contribution >= 0.6 is 0 Å². The van der Waals surface area contributed by atoms with E-state index in [1.807, 2.05) is 5.32 Å². The molecule has 54 valence electrons. The molecule has 0 aromatic carbocycles. The zero-order valence-corrected chi connectivity index (χ0v) is 4.97. The summed E-state index contributed by atoms with van der Waals surface area (Å²) in [5.74, 6) is -0.762. The average Bonchev–Trinajstić information content (AvgIpc) is 1.93. The Bertz CT molecular complexity index is 224. The van der Waals surface area contributed by atoms with Gasteiger partial charge >= 0.3 is 6.03 Å². The van der Waals surface area contributed by atoms with Crippen LogP contribution in [-0.2, 0) is 0 Å². The van der Waals surface area contributed by atoms with Gasteiger partial charge in [-0.1, -0.05) is 6.58 Å². The normalized spacial score (nSPS) is 18.6. The molecule has 10 heavy (non-hydrogen) atoms. The number of hydrogen-bond donors (Lipinski definition) is 2. The van der Waals surface area contributed by atoms with Crippen molar-refractivity contribution >= 4 is 6.03 Å². The van der Waals surface area contributed by atoms with Crippen molar-refractivity contribution in [3.05, 3.63) is 24.3 Å². The number of carbonyl (C=O) groups is 1. The summed E-state index contributed by atoms with van der Waals surface area (Å²) < 4.78 is 12.3. The van der Waals surface area contributed by atoms with Gasteiger partial charge in [0.05, 0.1) is 0 Å². The Morgan fingerprint density at radius 2 is 2.40 bits per heavy atom. The largest absolute Gasteiger partial charge is 0.350 e. The van der Waals surface area contributed by atoms with Crippen LogP contribution in [0.15, 0.2) is 24.3 Å².